The third kappa shape index (κ3) is 2.07. The monoisotopic (exact) mass is 234 g/mol. The van der Waals surface area contributed by atoms with Gasteiger partial charge in [-0.1, -0.05) is 6.92 Å². The Bertz CT molecular complexity index is 499. The van der Waals surface area contributed by atoms with Crippen molar-refractivity contribution in [3.63, 3.8) is 0 Å². The number of aromatic nitrogens is 2. The van der Waals surface area contributed by atoms with E-state index in [4.69, 9.17) is 0 Å². The molecule has 2 aromatic rings. The highest BCUT2D eigenvalue weighted by Gasteiger charge is 2.11. The summed E-state index contributed by atoms with van der Waals surface area (Å²) in [6, 6.07) is 4.07. The van der Waals surface area contributed by atoms with Crippen LogP contribution in [0.3, 0.4) is 0 Å². The number of aryl methyl sites for hydroxylation is 2. The van der Waals surface area contributed by atoms with Crippen LogP contribution in [0.5, 0.6) is 0 Å². The summed E-state index contributed by atoms with van der Waals surface area (Å²) in [7, 11) is 0. The summed E-state index contributed by atoms with van der Waals surface area (Å²) in [6.07, 6.45) is 3.72. The highest BCUT2D eigenvalue weighted by atomic mass is 32.1. The van der Waals surface area contributed by atoms with Crippen LogP contribution in [0, 0.1) is 6.92 Å². The number of carbonyl (C=O) groups excluding carboxylic acids is 1. The first-order valence-electron chi connectivity index (χ1n) is 5.34. The van der Waals surface area contributed by atoms with Crippen LogP contribution in [-0.4, -0.2) is 16.1 Å². The first-order chi connectivity index (χ1) is 7.74. The van der Waals surface area contributed by atoms with Crippen molar-refractivity contribution in [2.24, 2.45) is 0 Å². The van der Waals surface area contributed by atoms with E-state index in [1.54, 1.807) is 11.3 Å². The number of thiophene rings is 1. The lowest BCUT2D eigenvalue weighted by Gasteiger charge is -1.95. The first kappa shape index (κ1) is 11.1. The second-order valence-corrected chi connectivity index (χ2v) is 5.01. The molecule has 3 nitrogen and oxygen atoms in total. The van der Waals surface area contributed by atoms with Gasteiger partial charge in [0, 0.05) is 17.6 Å². The Kier molecular flexibility index (Phi) is 3.19. The Hall–Kier alpha value is -1.42. The number of hydrogen-bond donors (Lipinski definition) is 0. The summed E-state index contributed by atoms with van der Waals surface area (Å²) in [5.41, 5.74) is 1.48. The fourth-order valence-corrected chi connectivity index (χ4v) is 2.49. The summed E-state index contributed by atoms with van der Waals surface area (Å²) >= 11 is 1.67. The molecule has 2 aromatic heterocycles. The molecule has 0 radical (unpaired) electrons. The minimum Gasteiger partial charge on any atom is -0.298 e. The van der Waals surface area contributed by atoms with E-state index in [-0.39, 0.29) is 0 Å². The standard InChI is InChI=1S/C12H14N2OS/c1-3-6-14-7-10(8-15)12(13-14)11-5-4-9(2)16-11/h4-5,7-8H,3,6H2,1-2H3. The molecule has 84 valence electrons. The Morgan fingerprint density at radius 3 is 2.88 bits per heavy atom. The second kappa shape index (κ2) is 4.61. The molecule has 0 fully saturated rings. The molecular formula is C12H14N2OS. The van der Waals surface area contributed by atoms with Crippen LogP contribution in [0.2, 0.25) is 0 Å². The van der Waals surface area contributed by atoms with Gasteiger partial charge in [-0.25, -0.2) is 0 Å². The van der Waals surface area contributed by atoms with Crippen LogP contribution in [0.25, 0.3) is 10.6 Å². The molecule has 0 unspecified atom stereocenters. The van der Waals surface area contributed by atoms with Gasteiger partial charge in [0.15, 0.2) is 6.29 Å². The minimum absolute atomic E-state index is 0.676. The van der Waals surface area contributed by atoms with Crippen molar-refractivity contribution in [1.82, 2.24) is 9.78 Å². The zero-order valence-electron chi connectivity index (χ0n) is 9.43. The van der Waals surface area contributed by atoms with E-state index in [9.17, 15) is 4.79 Å². The molecule has 2 rings (SSSR count). The van der Waals surface area contributed by atoms with E-state index in [1.165, 1.54) is 4.88 Å². The number of rotatable bonds is 4. The highest BCUT2D eigenvalue weighted by Crippen LogP contribution is 2.28. The van der Waals surface area contributed by atoms with E-state index in [0.717, 1.165) is 29.8 Å². The maximum absolute atomic E-state index is 11.0. The lowest BCUT2D eigenvalue weighted by Crippen LogP contribution is -1.96. The Labute approximate surface area is 98.7 Å². The van der Waals surface area contributed by atoms with Gasteiger partial charge in [-0.05, 0) is 25.5 Å². The van der Waals surface area contributed by atoms with Crippen molar-refractivity contribution in [3.05, 3.63) is 28.8 Å². The zero-order valence-corrected chi connectivity index (χ0v) is 10.3. The highest BCUT2D eigenvalue weighted by molar-refractivity contribution is 7.15. The molecule has 2 heterocycles. The normalized spacial score (nSPS) is 10.6. The second-order valence-electron chi connectivity index (χ2n) is 3.72. The Morgan fingerprint density at radius 1 is 1.50 bits per heavy atom. The maximum atomic E-state index is 11.0. The van der Waals surface area contributed by atoms with Gasteiger partial charge in [-0.15, -0.1) is 11.3 Å². The molecule has 0 aliphatic carbocycles. The molecule has 4 heteroatoms. The van der Waals surface area contributed by atoms with Crippen LogP contribution < -0.4 is 0 Å². The molecule has 0 bridgehead atoms. The van der Waals surface area contributed by atoms with Crippen molar-refractivity contribution in [1.29, 1.82) is 0 Å². The number of nitrogens with zero attached hydrogens (tertiary/aromatic N) is 2. The van der Waals surface area contributed by atoms with Gasteiger partial charge in [0.1, 0.15) is 5.69 Å². The average Bonchev–Trinajstić information content (AvgIpc) is 2.84. The van der Waals surface area contributed by atoms with Gasteiger partial charge in [0.25, 0.3) is 0 Å². The first-order valence-corrected chi connectivity index (χ1v) is 6.15. The molecule has 0 aliphatic heterocycles. The predicted molar refractivity (Wildman–Crippen MR) is 66.0 cm³/mol. The van der Waals surface area contributed by atoms with Gasteiger partial charge < -0.3 is 0 Å². The van der Waals surface area contributed by atoms with E-state index in [0.29, 0.717) is 5.56 Å². The molecule has 0 spiro atoms. The maximum Gasteiger partial charge on any atom is 0.153 e. The van der Waals surface area contributed by atoms with Crippen LogP contribution in [0.1, 0.15) is 28.6 Å². The van der Waals surface area contributed by atoms with E-state index in [1.807, 2.05) is 23.0 Å². The quantitative estimate of drug-likeness (QED) is 0.762. The Morgan fingerprint density at radius 2 is 2.31 bits per heavy atom. The fraction of sp³-hybridized carbons (Fsp3) is 0.333. The molecule has 0 atom stereocenters. The smallest absolute Gasteiger partial charge is 0.153 e. The fourth-order valence-electron chi connectivity index (χ4n) is 1.62. The van der Waals surface area contributed by atoms with Crippen molar-refractivity contribution in [2.75, 3.05) is 0 Å². The van der Waals surface area contributed by atoms with Crippen molar-refractivity contribution >= 4 is 17.6 Å². The van der Waals surface area contributed by atoms with E-state index >= 15 is 0 Å². The third-order valence-electron chi connectivity index (χ3n) is 2.34. The average molecular weight is 234 g/mol. The van der Waals surface area contributed by atoms with Crippen molar-refractivity contribution in [2.45, 2.75) is 26.8 Å². The SMILES string of the molecule is CCCn1cc(C=O)c(-c2ccc(C)s2)n1. The summed E-state index contributed by atoms with van der Waals surface area (Å²) in [5, 5.41) is 4.45. The zero-order chi connectivity index (χ0) is 11.5. The van der Waals surface area contributed by atoms with Crippen LogP contribution in [0.4, 0.5) is 0 Å². The van der Waals surface area contributed by atoms with Crippen LogP contribution in [0.15, 0.2) is 18.3 Å². The minimum atomic E-state index is 0.676. The number of aldehydes is 1. The molecule has 0 amide bonds. The van der Waals surface area contributed by atoms with Gasteiger partial charge in [0.2, 0.25) is 0 Å². The van der Waals surface area contributed by atoms with Gasteiger partial charge >= 0.3 is 0 Å². The lowest BCUT2D eigenvalue weighted by atomic mass is 10.2. The summed E-state index contributed by atoms with van der Waals surface area (Å²) in [4.78, 5) is 13.3. The van der Waals surface area contributed by atoms with E-state index in [2.05, 4.69) is 18.9 Å². The summed E-state index contributed by atoms with van der Waals surface area (Å²) in [6.45, 7) is 5.00. The molecule has 0 aromatic carbocycles. The molecule has 0 saturated carbocycles. The van der Waals surface area contributed by atoms with E-state index < -0.39 is 0 Å². The number of hydrogen-bond acceptors (Lipinski definition) is 3. The molecule has 16 heavy (non-hydrogen) atoms. The van der Waals surface area contributed by atoms with Gasteiger partial charge in [-0.2, -0.15) is 5.10 Å². The third-order valence-corrected chi connectivity index (χ3v) is 3.35. The van der Waals surface area contributed by atoms with Crippen molar-refractivity contribution in [3.8, 4) is 10.6 Å². The molecular weight excluding hydrogens is 220 g/mol. The summed E-state index contributed by atoms with van der Waals surface area (Å²) in [5.74, 6) is 0. The van der Waals surface area contributed by atoms with Crippen LogP contribution >= 0.6 is 11.3 Å². The van der Waals surface area contributed by atoms with Crippen LogP contribution in [-0.2, 0) is 6.54 Å². The summed E-state index contributed by atoms with van der Waals surface area (Å²) < 4.78 is 1.84. The topological polar surface area (TPSA) is 34.9 Å². The predicted octanol–water partition coefficient (Wildman–Crippen LogP) is 3.14. The molecule has 0 saturated heterocycles. The Balaban J connectivity index is 2.42. The van der Waals surface area contributed by atoms with Crippen molar-refractivity contribution < 1.29 is 4.79 Å². The van der Waals surface area contributed by atoms with Gasteiger partial charge in [-0.3, -0.25) is 9.48 Å². The molecule has 0 N–H and O–H groups in total. The number of carbonyl (C=O) groups is 1. The largest absolute Gasteiger partial charge is 0.298 e. The molecule has 0 aliphatic rings. The van der Waals surface area contributed by atoms with Gasteiger partial charge in [0.05, 0.1) is 10.4 Å². The lowest BCUT2D eigenvalue weighted by molar-refractivity contribution is 0.112.